The molecule has 0 unspecified atom stereocenters. The van der Waals surface area contributed by atoms with E-state index in [0.717, 1.165) is 12.8 Å². The standard InChI is InChI=1S/C23H24Cl2N2O3/c24-12-5-8-18(17(25)10-12)26-19(28)4-2-1-3-9-27-22(29)20-13-6-7-14(16-11-15(13)16)21(20)23(27)30/h5-8,10,13-16,20-21H,1-4,9,11H2,(H,26,28)/t13-,14-,15-,16+,20-,21+/m0/s1. The zero-order chi connectivity index (χ0) is 21.0. The molecule has 1 heterocycles. The molecule has 1 saturated heterocycles. The summed E-state index contributed by atoms with van der Waals surface area (Å²) >= 11 is 11.9. The fraction of sp³-hybridized carbons (Fsp3) is 0.522. The predicted octanol–water partition coefficient (Wildman–Crippen LogP) is 4.55. The molecule has 5 aliphatic rings. The molecule has 1 aliphatic heterocycles. The van der Waals surface area contributed by atoms with Crippen LogP contribution < -0.4 is 5.32 Å². The van der Waals surface area contributed by atoms with Gasteiger partial charge < -0.3 is 5.32 Å². The Labute approximate surface area is 185 Å². The highest BCUT2D eigenvalue weighted by atomic mass is 35.5. The Hall–Kier alpha value is -1.85. The molecule has 1 N–H and O–H groups in total. The molecule has 7 heteroatoms. The molecular weight excluding hydrogens is 423 g/mol. The number of nitrogens with zero attached hydrogens (tertiary/aromatic N) is 1. The number of hydrogen-bond donors (Lipinski definition) is 1. The quantitative estimate of drug-likeness (QED) is 0.379. The van der Waals surface area contributed by atoms with Crippen LogP contribution in [0, 0.1) is 35.5 Å². The molecule has 30 heavy (non-hydrogen) atoms. The molecule has 0 spiro atoms. The molecule has 0 aromatic heterocycles. The number of nitrogens with one attached hydrogen (secondary N) is 1. The lowest BCUT2D eigenvalue weighted by Crippen LogP contribution is -2.40. The van der Waals surface area contributed by atoms with Crippen LogP contribution in [0.5, 0.6) is 0 Å². The van der Waals surface area contributed by atoms with Crippen LogP contribution in [0.1, 0.15) is 32.1 Å². The third-order valence-corrected chi connectivity index (χ3v) is 7.79. The highest BCUT2D eigenvalue weighted by Crippen LogP contribution is 2.65. The van der Waals surface area contributed by atoms with E-state index in [0.29, 0.717) is 47.0 Å². The van der Waals surface area contributed by atoms with Crippen molar-refractivity contribution < 1.29 is 14.4 Å². The summed E-state index contributed by atoms with van der Waals surface area (Å²) in [5, 5.41) is 3.71. The Morgan fingerprint density at radius 3 is 2.30 bits per heavy atom. The van der Waals surface area contributed by atoms with Gasteiger partial charge in [-0.1, -0.05) is 41.8 Å². The number of amides is 3. The van der Waals surface area contributed by atoms with Gasteiger partial charge in [0, 0.05) is 18.0 Å². The fourth-order valence-corrected chi connectivity index (χ4v) is 6.23. The number of allylic oxidation sites excluding steroid dienone is 2. The van der Waals surface area contributed by atoms with Crippen LogP contribution in [0.2, 0.25) is 10.0 Å². The van der Waals surface area contributed by atoms with Crippen molar-refractivity contribution in [2.45, 2.75) is 32.1 Å². The SMILES string of the molecule is O=C(CCCCCN1C(=O)[C@@H]2[C@H]3C=C[C@@H]([C@@H]4C[C@H]34)[C@@H]2C1=O)Nc1ccc(Cl)cc1Cl. The monoisotopic (exact) mass is 446 g/mol. The van der Waals surface area contributed by atoms with Gasteiger partial charge in [-0.05, 0) is 61.1 Å². The van der Waals surface area contributed by atoms with E-state index >= 15 is 0 Å². The normalized spacial score (nSPS) is 32.9. The fourth-order valence-electron chi connectivity index (χ4n) is 5.77. The summed E-state index contributed by atoms with van der Waals surface area (Å²) in [7, 11) is 0. The molecular formula is C23H24Cl2N2O3. The van der Waals surface area contributed by atoms with Gasteiger partial charge in [0.1, 0.15) is 0 Å². The van der Waals surface area contributed by atoms with Crippen LogP contribution in [0.25, 0.3) is 0 Å². The van der Waals surface area contributed by atoms with E-state index in [4.69, 9.17) is 23.2 Å². The number of halogens is 2. The number of hydrogen-bond acceptors (Lipinski definition) is 3. The van der Waals surface area contributed by atoms with E-state index in [1.807, 2.05) is 0 Å². The highest BCUT2D eigenvalue weighted by Gasteiger charge is 2.66. The van der Waals surface area contributed by atoms with Crippen molar-refractivity contribution in [3.8, 4) is 0 Å². The third kappa shape index (κ3) is 3.36. The van der Waals surface area contributed by atoms with E-state index in [2.05, 4.69) is 17.5 Å². The molecule has 1 aromatic carbocycles. The minimum Gasteiger partial charge on any atom is -0.325 e. The third-order valence-electron chi connectivity index (χ3n) is 7.24. The van der Waals surface area contributed by atoms with Crippen LogP contribution in [0.3, 0.4) is 0 Å². The zero-order valence-corrected chi connectivity index (χ0v) is 18.0. The van der Waals surface area contributed by atoms with Crippen molar-refractivity contribution in [2.75, 3.05) is 11.9 Å². The van der Waals surface area contributed by atoms with Gasteiger partial charge in [0.2, 0.25) is 17.7 Å². The second-order valence-electron chi connectivity index (χ2n) is 8.97. The Kier molecular flexibility index (Phi) is 5.14. The van der Waals surface area contributed by atoms with Gasteiger partial charge in [-0.25, -0.2) is 0 Å². The Bertz CT molecular complexity index is 910. The maximum atomic E-state index is 12.9. The Morgan fingerprint density at radius 1 is 1.00 bits per heavy atom. The Balaban J connectivity index is 1.08. The molecule has 1 aromatic rings. The first-order valence-corrected chi connectivity index (χ1v) is 11.5. The summed E-state index contributed by atoms with van der Waals surface area (Å²) in [6.07, 6.45) is 8.13. The van der Waals surface area contributed by atoms with Crippen molar-refractivity contribution in [2.24, 2.45) is 35.5 Å². The van der Waals surface area contributed by atoms with Crippen molar-refractivity contribution in [1.82, 2.24) is 4.90 Å². The predicted molar refractivity (Wildman–Crippen MR) is 115 cm³/mol. The lowest BCUT2D eigenvalue weighted by molar-refractivity contribution is -0.140. The molecule has 2 saturated carbocycles. The molecule has 3 amide bonds. The Morgan fingerprint density at radius 2 is 1.67 bits per heavy atom. The van der Waals surface area contributed by atoms with Crippen LogP contribution in [0.15, 0.2) is 30.4 Å². The minimum atomic E-state index is -0.119. The maximum Gasteiger partial charge on any atom is 0.233 e. The molecule has 5 nitrogen and oxygen atoms in total. The second-order valence-corrected chi connectivity index (χ2v) is 9.81. The van der Waals surface area contributed by atoms with Gasteiger partial charge in [-0.2, -0.15) is 0 Å². The van der Waals surface area contributed by atoms with Crippen molar-refractivity contribution in [1.29, 1.82) is 0 Å². The zero-order valence-electron chi connectivity index (χ0n) is 16.5. The number of anilines is 1. The number of likely N-dealkylation sites (tertiary alicyclic amines) is 1. The average Bonchev–Trinajstić information content (AvgIpc) is 3.50. The molecule has 3 fully saturated rings. The average molecular weight is 447 g/mol. The van der Waals surface area contributed by atoms with E-state index in [1.165, 1.54) is 11.3 Å². The summed E-state index contributed by atoms with van der Waals surface area (Å²) in [5.41, 5.74) is 0.545. The van der Waals surface area contributed by atoms with E-state index < -0.39 is 0 Å². The smallest absolute Gasteiger partial charge is 0.233 e. The molecule has 4 aliphatic carbocycles. The van der Waals surface area contributed by atoms with Crippen LogP contribution >= 0.6 is 23.2 Å². The van der Waals surface area contributed by atoms with Crippen LogP contribution in [0.4, 0.5) is 5.69 Å². The van der Waals surface area contributed by atoms with Crippen molar-refractivity contribution in [3.05, 3.63) is 40.4 Å². The summed E-state index contributed by atoms with van der Waals surface area (Å²) in [6.45, 7) is 0.462. The molecule has 6 rings (SSSR count). The minimum absolute atomic E-state index is 0.0322. The van der Waals surface area contributed by atoms with E-state index in [9.17, 15) is 14.4 Å². The van der Waals surface area contributed by atoms with Crippen LogP contribution in [-0.4, -0.2) is 29.2 Å². The number of benzene rings is 1. The number of imide groups is 1. The first-order valence-electron chi connectivity index (χ1n) is 10.7. The summed E-state index contributed by atoms with van der Waals surface area (Å²) in [4.78, 5) is 39.5. The maximum absolute atomic E-state index is 12.9. The number of carbonyl (C=O) groups excluding carboxylic acids is 3. The number of rotatable bonds is 7. The van der Waals surface area contributed by atoms with Gasteiger partial charge in [0.15, 0.2) is 0 Å². The molecule has 2 bridgehead atoms. The highest BCUT2D eigenvalue weighted by molar-refractivity contribution is 6.36. The largest absolute Gasteiger partial charge is 0.325 e. The molecule has 158 valence electrons. The summed E-state index contributed by atoms with van der Waals surface area (Å²) in [5.74, 6) is 1.52. The van der Waals surface area contributed by atoms with Gasteiger partial charge in [0.05, 0.1) is 22.5 Å². The number of carbonyl (C=O) groups is 3. The van der Waals surface area contributed by atoms with E-state index in [1.54, 1.807) is 18.2 Å². The van der Waals surface area contributed by atoms with Gasteiger partial charge in [0.25, 0.3) is 0 Å². The van der Waals surface area contributed by atoms with Gasteiger partial charge in [-0.3, -0.25) is 19.3 Å². The summed E-state index contributed by atoms with van der Waals surface area (Å²) in [6, 6.07) is 4.94. The molecule has 6 atom stereocenters. The lowest BCUT2D eigenvalue weighted by atomic mass is 9.63. The van der Waals surface area contributed by atoms with Gasteiger partial charge >= 0.3 is 0 Å². The first kappa shape index (κ1) is 20.1. The second kappa shape index (κ2) is 7.69. The van der Waals surface area contributed by atoms with Crippen molar-refractivity contribution >= 4 is 46.6 Å². The van der Waals surface area contributed by atoms with E-state index in [-0.39, 0.29) is 41.4 Å². The van der Waals surface area contributed by atoms with Crippen molar-refractivity contribution in [3.63, 3.8) is 0 Å². The summed E-state index contributed by atoms with van der Waals surface area (Å²) < 4.78 is 0. The molecule has 0 radical (unpaired) electrons. The lowest BCUT2D eigenvalue weighted by Gasteiger charge is -2.37. The van der Waals surface area contributed by atoms with Gasteiger partial charge in [-0.15, -0.1) is 0 Å². The van der Waals surface area contributed by atoms with Crippen LogP contribution in [-0.2, 0) is 14.4 Å². The number of unbranched alkanes of at least 4 members (excludes halogenated alkanes) is 2. The first-order chi connectivity index (χ1) is 14.5. The topological polar surface area (TPSA) is 66.5 Å².